The summed E-state index contributed by atoms with van der Waals surface area (Å²) in [4.78, 5) is 28.9. The first-order valence-electron chi connectivity index (χ1n) is 9.10. The van der Waals surface area contributed by atoms with Crippen molar-refractivity contribution in [2.24, 2.45) is 4.99 Å². The Morgan fingerprint density at radius 2 is 1.82 bits per heavy atom. The van der Waals surface area contributed by atoms with Crippen LogP contribution in [-0.4, -0.2) is 23.1 Å². The highest BCUT2D eigenvalue weighted by Gasteiger charge is 2.15. The summed E-state index contributed by atoms with van der Waals surface area (Å²) in [6.45, 7) is 3.79. The molecular formula is C21H21FN2O3S. The molecule has 0 aliphatic rings. The maximum absolute atomic E-state index is 14.4. The zero-order valence-corrected chi connectivity index (χ0v) is 16.6. The van der Waals surface area contributed by atoms with Gasteiger partial charge in [0.1, 0.15) is 12.4 Å². The number of nitrogens with zero attached hydrogens (tertiary/aromatic N) is 2. The third kappa shape index (κ3) is 4.54. The molecule has 0 saturated carbocycles. The van der Waals surface area contributed by atoms with Gasteiger partial charge in [0.05, 0.1) is 23.2 Å². The van der Waals surface area contributed by atoms with E-state index >= 15 is 0 Å². The summed E-state index contributed by atoms with van der Waals surface area (Å²) >= 11 is 1.17. The van der Waals surface area contributed by atoms with E-state index in [0.29, 0.717) is 4.70 Å². The normalized spacial score (nSPS) is 11.8. The van der Waals surface area contributed by atoms with Gasteiger partial charge in [-0.1, -0.05) is 48.6 Å². The van der Waals surface area contributed by atoms with E-state index in [1.165, 1.54) is 27.5 Å². The molecule has 3 aromatic rings. The van der Waals surface area contributed by atoms with E-state index in [9.17, 15) is 14.0 Å². The smallest absolute Gasteiger partial charge is 0.326 e. The Hall–Kier alpha value is -2.80. The second-order valence-corrected chi connectivity index (χ2v) is 7.22. The molecule has 1 amide bonds. The van der Waals surface area contributed by atoms with Crippen LogP contribution in [0.5, 0.6) is 0 Å². The van der Waals surface area contributed by atoms with Gasteiger partial charge in [0.25, 0.3) is 5.91 Å². The summed E-state index contributed by atoms with van der Waals surface area (Å²) < 4.78 is 21.4. The van der Waals surface area contributed by atoms with E-state index in [4.69, 9.17) is 4.74 Å². The van der Waals surface area contributed by atoms with Crippen LogP contribution in [0.4, 0.5) is 4.39 Å². The quantitative estimate of drug-likeness (QED) is 0.594. The number of carbonyl (C=O) groups is 2. The van der Waals surface area contributed by atoms with Crippen LogP contribution in [0.1, 0.15) is 25.0 Å². The van der Waals surface area contributed by atoms with Crippen LogP contribution < -0.4 is 4.80 Å². The minimum Gasteiger partial charge on any atom is -0.465 e. The predicted molar refractivity (Wildman–Crippen MR) is 107 cm³/mol. The van der Waals surface area contributed by atoms with E-state index in [0.717, 1.165) is 12.0 Å². The fourth-order valence-corrected chi connectivity index (χ4v) is 3.93. The first kappa shape index (κ1) is 19.9. The molecule has 0 unspecified atom stereocenters. The fourth-order valence-electron chi connectivity index (χ4n) is 2.87. The van der Waals surface area contributed by atoms with Gasteiger partial charge in [-0.05, 0) is 36.6 Å². The van der Waals surface area contributed by atoms with Crippen LogP contribution in [0.15, 0.2) is 47.5 Å². The van der Waals surface area contributed by atoms with Crippen molar-refractivity contribution in [3.63, 3.8) is 0 Å². The Balaban J connectivity index is 1.96. The molecule has 0 aliphatic heterocycles. The second kappa shape index (κ2) is 8.93. The minimum absolute atomic E-state index is 0.139. The standard InChI is InChI=1S/C21H21FN2O3S/c1-3-14-8-10-15(11-9-14)12-18(25)23-21-24(13-19(26)27-4-2)20-16(22)6-5-7-17(20)28-21/h5-11H,3-4,12-13H2,1-2H3. The van der Waals surface area contributed by atoms with Gasteiger partial charge >= 0.3 is 5.97 Å². The first-order valence-corrected chi connectivity index (χ1v) is 9.92. The highest BCUT2D eigenvalue weighted by molar-refractivity contribution is 7.16. The minimum atomic E-state index is -0.505. The van der Waals surface area contributed by atoms with Crippen LogP contribution in [0.25, 0.3) is 10.2 Å². The number of esters is 1. The molecule has 0 N–H and O–H groups in total. The summed E-state index contributed by atoms with van der Waals surface area (Å²) in [5.41, 5.74) is 2.30. The van der Waals surface area contributed by atoms with E-state index in [-0.39, 0.29) is 35.8 Å². The van der Waals surface area contributed by atoms with Crippen molar-refractivity contribution in [1.29, 1.82) is 0 Å². The van der Waals surface area contributed by atoms with Gasteiger partial charge in [0.15, 0.2) is 4.80 Å². The largest absolute Gasteiger partial charge is 0.465 e. The molecule has 3 rings (SSSR count). The second-order valence-electron chi connectivity index (χ2n) is 6.21. The summed E-state index contributed by atoms with van der Waals surface area (Å²) in [7, 11) is 0. The lowest BCUT2D eigenvalue weighted by Crippen LogP contribution is -2.23. The third-order valence-corrected chi connectivity index (χ3v) is 5.29. The van der Waals surface area contributed by atoms with Crippen molar-refractivity contribution >= 4 is 33.4 Å². The molecule has 0 fully saturated rings. The maximum Gasteiger partial charge on any atom is 0.326 e. The Morgan fingerprint density at radius 3 is 2.50 bits per heavy atom. The fraction of sp³-hybridized carbons (Fsp3) is 0.286. The Morgan fingerprint density at radius 1 is 1.11 bits per heavy atom. The summed E-state index contributed by atoms with van der Waals surface area (Å²) in [5.74, 6) is -1.33. The van der Waals surface area contributed by atoms with Crippen LogP contribution in [0, 0.1) is 5.82 Å². The summed E-state index contributed by atoms with van der Waals surface area (Å²) in [5, 5.41) is 0. The number of ether oxygens (including phenoxy) is 1. The summed E-state index contributed by atoms with van der Waals surface area (Å²) in [6, 6.07) is 12.4. The molecule has 7 heteroatoms. The number of aromatic nitrogens is 1. The molecule has 0 bridgehead atoms. The summed E-state index contributed by atoms with van der Waals surface area (Å²) in [6.07, 6.45) is 1.07. The average molecular weight is 400 g/mol. The Labute approximate surface area is 166 Å². The van der Waals surface area contributed by atoms with Crippen molar-refractivity contribution in [3.8, 4) is 0 Å². The lowest BCUT2D eigenvalue weighted by molar-refractivity contribution is -0.143. The molecule has 2 aromatic carbocycles. The van der Waals surface area contributed by atoms with E-state index in [2.05, 4.69) is 11.9 Å². The number of halogens is 1. The highest BCUT2D eigenvalue weighted by Crippen LogP contribution is 2.20. The van der Waals surface area contributed by atoms with Gasteiger partial charge in [-0.15, -0.1) is 0 Å². The number of hydrogen-bond donors (Lipinski definition) is 0. The number of para-hydroxylation sites is 1. The van der Waals surface area contributed by atoms with Crippen molar-refractivity contribution in [2.75, 3.05) is 6.61 Å². The molecule has 0 saturated heterocycles. The van der Waals surface area contributed by atoms with Crippen LogP contribution in [0.2, 0.25) is 0 Å². The predicted octanol–water partition coefficient (Wildman–Crippen LogP) is 3.64. The van der Waals surface area contributed by atoms with Gasteiger partial charge in [0.2, 0.25) is 0 Å². The topological polar surface area (TPSA) is 60.7 Å². The molecule has 28 heavy (non-hydrogen) atoms. The lowest BCUT2D eigenvalue weighted by atomic mass is 10.1. The number of hydrogen-bond acceptors (Lipinski definition) is 4. The van der Waals surface area contributed by atoms with Crippen LogP contribution >= 0.6 is 11.3 Å². The van der Waals surface area contributed by atoms with Gasteiger partial charge in [-0.2, -0.15) is 4.99 Å². The van der Waals surface area contributed by atoms with Crippen LogP contribution in [-0.2, 0) is 33.7 Å². The number of benzene rings is 2. The average Bonchev–Trinajstić information content (AvgIpc) is 3.00. The third-order valence-electron chi connectivity index (χ3n) is 4.25. The number of aryl methyl sites for hydroxylation is 1. The lowest BCUT2D eigenvalue weighted by Gasteiger charge is -2.05. The number of thiazole rings is 1. The molecule has 146 valence electrons. The first-order chi connectivity index (χ1) is 13.5. The van der Waals surface area contributed by atoms with E-state index < -0.39 is 11.8 Å². The van der Waals surface area contributed by atoms with Crippen molar-refractivity contribution in [2.45, 2.75) is 33.2 Å². The van der Waals surface area contributed by atoms with Crippen molar-refractivity contribution in [1.82, 2.24) is 4.57 Å². The van der Waals surface area contributed by atoms with Crippen molar-refractivity contribution < 1.29 is 18.7 Å². The Kier molecular flexibility index (Phi) is 6.36. The Bertz CT molecular complexity index is 1070. The number of fused-ring (bicyclic) bond motifs is 1. The number of carbonyl (C=O) groups excluding carboxylic acids is 2. The van der Waals surface area contributed by atoms with E-state index in [1.807, 2.05) is 24.3 Å². The zero-order valence-electron chi connectivity index (χ0n) is 15.8. The number of rotatable bonds is 6. The van der Waals surface area contributed by atoms with E-state index in [1.54, 1.807) is 19.1 Å². The van der Waals surface area contributed by atoms with Gasteiger partial charge < -0.3 is 9.30 Å². The van der Waals surface area contributed by atoms with Crippen molar-refractivity contribution in [3.05, 3.63) is 64.2 Å². The maximum atomic E-state index is 14.4. The molecular weight excluding hydrogens is 379 g/mol. The molecule has 5 nitrogen and oxygen atoms in total. The molecule has 0 aliphatic carbocycles. The number of amides is 1. The molecule has 0 spiro atoms. The van der Waals surface area contributed by atoms with Gasteiger partial charge in [0, 0.05) is 0 Å². The molecule has 0 atom stereocenters. The monoisotopic (exact) mass is 400 g/mol. The zero-order chi connectivity index (χ0) is 20.1. The highest BCUT2D eigenvalue weighted by atomic mass is 32.1. The molecule has 1 heterocycles. The SMILES string of the molecule is CCOC(=O)Cn1c(=NC(=O)Cc2ccc(CC)cc2)sc2cccc(F)c21. The molecule has 1 aromatic heterocycles. The van der Waals surface area contributed by atoms with Gasteiger partial charge in [-0.25, -0.2) is 4.39 Å². The van der Waals surface area contributed by atoms with Crippen LogP contribution in [0.3, 0.4) is 0 Å². The molecule has 0 radical (unpaired) electrons. The van der Waals surface area contributed by atoms with Gasteiger partial charge in [-0.3, -0.25) is 9.59 Å².